The summed E-state index contributed by atoms with van der Waals surface area (Å²) in [6.07, 6.45) is 7.48. The quantitative estimate of drug-likeness (QED) is 0.662. The van der Waals surface area contributed by atoms with Gasteiger partial charge in [0, 0.05) is 49.5 Å². The number of piperazine rings is 1. The molecular weight excluding hydrogens is 427 g/mol. The standard InChI is InChI=1S/C24H29FN4O2S/c1-32(31)12-8-19(9-13-32)23(30)29-11-10-28(16-22(29)18-4-6-21(25)7-5-18)24-26-14-20(15-27-24)17-2-3-17/h4-7,14-15,17,19,22H,1-3,8-13,16H2. The molecule has 5 rings (SSSR count). The van der Waals surface area contributed by atoms with Gasteiger partial charge in [0.1, 0.15) is 5.82 Å². The minimum atomic E-state index is -2.04. The zero-order valence-corrected chi connectivity index (χ0v) is 19.0. The molecule has 0 radical (unpaired) electrons. The molecule has 6 nitrogen and oxygen atoms in total. The Morgan fingerprint density at radius 1 is 1.00 bits per heavy atom. The van der Waals surface area contributed by atoms with Crippen LogP contribution < -0.4 is 4.90 Å². The van der Waals surface area contributed by atoms with Gasteiger partial charge in [0.25, 0.3) is 0 Å². The van der Waals surface area contributed by atoms with Crippen LogP contribution in [-0.2, 0) is 14.3 Å². The summed E-state index contributed by atoms with van der Waals surface area (Å²) in [6.45, 7) is 1.74. The summed E-state index contributed by atoms with van der Waals surface area (Å²) in [5, 5.41) is 0. The Morgan fingerprint density at radius 3 is 2.28 bits per heavy atom. The van der Waals surface area contributed by atoms with E-state index in [4.69, 9.17) is 0 Å². The molecule has 1 aliphatic carbocycles. The van der Waals surface area contributed by atoms with Crippen molar-refractivity contribution in [3.05, 3.63) is 53.6 Å². The summed E-state index contributed by atoms with van der Waals surface area (Å²) < 4.78 is 25.8. The lowest BCUT2D eigenvalue weighted by atomic mass is 9.96. The third-order valence-electron chi connectivity index (χ3n) is 6.93. The highest BCUT2D eigenvalue weighted by Gasteiger charge is 2.37. The zero-order chi connectivity index (χ0) is 22.3. The van der Waals surface area contributed by atoms with Gasteiger partial charge in [0.2, 0.25) is 11.9 Å². The van der Waals surface area contributed by atoms with E-state index in [2.05, 4.69) is 20.7 Å². The summed E-state index contributed by atoms with van der Waals surface area (Å²) in [7, 11) is -2.04. The van der Waals surface area contributed by atoms with Crippen LogP contribution in [0.15, 0.2) is 36.7 Å². The normalized spacial score (nSPS) is 28.5. The van der Waals surface area contributed by atoms with Gasteiger partial charge < -0.3 is 9.80 Å². The highest BCUT2D eigenvalue weighted by atomic mass is 32.2. The van der Waals surface area contributed by atoms with Crippen molar-refractivity contribution in [3.63, 3.8) is 0 Å². The van der Waals surface area contributed by atoms with E-state index in [0.717, 1.165) is 5.56 Å². The van der Waals surface area contributed by atoms with E-state index in [9.17, 15) is 13.4 Å². The van der Waals surface area contributed by atoms with Crippen molar-refractivity contribution in [2.75, 3.05) is 36.0 Å². The summed E-state index contributed by atoms with van der Waals surface area (Å²) in [5.74, 6) is 5.78. The van der Waals surface area contributed by atoms with Crippen LogP contribution in [0.4, 0.5) is 10.3 Å². The highest BCUT2D eigenvalue weighted by Crippen LogP contribution is 2.39. The van der Waals surface area contributed by atoms with Crippen LogP contribution in [0.1, 0.15) is 48.8 Å². The number of benzene rings is 1. The van der Waals surface area contributed by atoms with E-state index in [0.29, 0.717) is 55.8 Å². The molecule has 1 aromatic heterocycles. The van der Waals surface area contributed by atoms with Crippen LogP contribution in [0.5, 0.6) is 0 Å². The number of aromatic nitrogens is 2. The Hall–Kier alpha value is -2.48. The molecule has 1 amide bonds. The molecule has 0 bridgehead atoms. The largest absolute Gasteiger partial charge is 0.337 e. The van der Waals surface area contributed by atoms with Gasteiger partial charge in [-0.1, -0.05) is 12.1 Å². The van der Waals surface area contributed by atoms with E-state index < -0.39 is 9.52 Å². The summed E-state index contributed by atoms with van der Waals surface area (Å²) in [5.41, 5.74) is 2.09. The molecule has 3 heterocycles. The molecule has 2 aromatic rings. The predicted octanol–water partition coefficient (Wildman–Crippen LogP) is 3.01. The second kappa shape index (κ2) is 8.46. The van der Waals surface area contributed by atoms with Crippen LogP contribution in [0.2, 0.25) is 0 Å². The number of hydrogen-bond acceptors (Lipinski definition) is 5. The number of carbonyl (C=O) groups is 1. The van der Waals surface area contributed by atoms with Crippen LogP contribution in [0.25, 0.3) is 0 Å². The molecule has 2 saturated heterocycles. The van der Waals surface area contributed by atoms with Gasteiger partial charge in [-0.05, 0) is 70.3 Å². The smallest absolute Gasteiger partial charge is 0.226 e. The van der Waals surface area contributed by atoms with Crippen molar-refractivity contribution in [1.82, 2.24) is 14.9 Å². The maximum atomic E-state index is 13.6. The molecule has 1 unspecified atom stereocenters. The predicted molar refractivity (Wildman–Crippen MR) is 125 cm³/mol. The number of halogens is 1. The summed E-state index contributed by atoms with van der Waals surface area (Å²) >= 11 is 0. The van der Waals surface area contributed by atoms with Gasteiger partial charge in [-0.3, -0.25) is 9.00 Å². The first-order valence-corrected chi connectivity index (χ1v) is 13.4. The van der Waals surface area contributed by atoms with Gasteiger partial charge >= 0.3 is 0 Å². The molecule has 1 saturated carbocycles. The lowest BCUT2D eigenvalue weighted by molar-refractivity contribution is -0.138. The zero-order valence-electron chi connectivity index (χ0n) is 18.2. The number of nitrogens with zero attached hydrogens (tertiary/aromatic N) is 4. The van der Waals surface area contributed by atoms with Gasteiger partial charge in [0.15, 0.2) is 0 Å². The van der Waals surface area contributed by atoms with Crippen LogP contribution in [0, 0.1) is 11.7 Å². The van der Waals surface area contributed by atoms with Crippen LogP contribution in [0.3, 0.4) is 0 Å². The molecule has 1 atom stereocenters. The molecule has 2 aliphatic heterocycles. The summed E-state index contributed by atoms with van der Waals surface area (Å²) in [4.78, 5) is 26.7. The molecule has 0 N–H and O–H groups in total. The number of hydrogen-bond donors (Lipinski definition) is 0. The fraction of sp³-hybridized carbons (Fsp3) is 0.500. The second-order valence-corrected chi connectivity index (χ2v) is 12.0. The molecule has 3 aliphatic rings. The topological polar surface area (TPSA) is 66.4 Å². The van der Waals surface area contributed by atoms with Gasteiger partial charge in [-0.2, -0.15) is 0 Å². The van der Waals surface area contributed by atoms with Crippen molar-refractivity contribution < 1.29 is 13.4 Å². The second-order valence-electron chi connectivity index (χ2n) is 9.28. The molecule has 8 heteroatoms. The number of rotatable bonds is 4. The Kier molecular flexibility index (Phi) is 5.65. The van der Waals surface area contributed by atoms with Gasteiger partial charge in [-0.25, -0.2) is 14.4 Å². The third-order valence-corrected chi connectivity index (χ3v) is 8.89. The Bertz CT molecular complexity index is 1070. The maximum Gasteiger partial charge on any atom is 0.226 e. The number of anilines is 1. The van der Waals surface area contributed by atoms with Crippen molar-refractivity contribution in [1.29, 1.82) is 0 Å². The molecular formula is C24H29FN4O2S. The van der Waals surface area contributed by atoms with E-state index in [1.807, 2.05) is 17.3 Å². The van der Waals surface area contributed by atoms with Crippen LogP contribution >= 0.6 is 0 Å². The van der Waals surface area contributed by atoms with E-state index in [1.54, 1.807) is 12.1 Å². The Morgan fingerprint density at radius 2 is 1.66 bits per heavy atom. The van der Waals surface area contributed by atoms with E-state index >= 15 is 0 Å². The van der Waals surface area contributed by atoms with Crippen molar-refractivity contribution in [2.45, 2.75) is 37.6 Å². The first-order chi connectivity index (χ1) is 15.4. The molecule has 32 heavy (non-hydrogen) atoms. The summed E-state index contributed by atoms with van der Waals surface area (Å²) in [6, 6.07) is 6.18. The fourth-order valence-corrected chi connectivity index (χ4v) is 6.39. The first-order valence-electron chi connectivity index (χ1n) is 11.3. The van der Waals surface area contributed by atoms with Crippen molar-refractivity contribution in [3.8, 4) is 0 Å². The fourth-order valence-electron chi connectivity index (χ4n) is 4.76. The maximum absolute atomic E-state index is 13.6. The average Bonchev–Trinajstić information content (AvgIpc) is 3.65. The number of carbonyl (C=O) groups excluding carboxylic acids is 1. The Labute approximate surface area is 188 Å². The molecule has 170 valence electrons. The lowest BCUT2D eigenvalue weighted by Crippen LogP contribution is -2.53. The highest BCUT2D eigenvalue weighted by molar-refractivity contribution is 8.00. The van der Waals surface area contributed by atoms with Crippen LogP contribution in [-0.4, -0.2) is 62.0 Å². The Balaban J connectivity index is 1.37. The first kappa shape index (κ1) is 21.4. The lowest BCUT2D eigenvalue weighted by Gasteiger charge is -2.43. The minimum absolute atomic E-state index is 0.0962. The molecule has 0 spiro atoms. The van der Waals surface area contributed by atoms with E-state index in [-0.39, 0.29) is 23.7 Å². The van der Waals surface area contributed by atoms with Gasteiger partial charge in [-0.15, -0.1) is 0 Å². The van der Waals surface area contributed by atoms with Gasteiger partial charge in [0.05, 0.1) is 6.04 Å². The van der Waals surface area contributed by atoms with Crippen molar-refractivity contribution in [2.24, 2.45) is 5.92 Å². The molecule has 3 fully saturated rings. The van der Waals surface area contributed by atoms with E-state index in [1.165, 1.54) is 30.5 Å². The monoisotopic (exact) mass is 456 g/mol. The SMILES string of the molecule is C=S1(=O)CCC(C(=O)N2CCN(c3ncc(C4CC4)cn3)CC2c2ccc(F)cc2)CC1. The van der Waals surface area contributed by atoms with Crippen molar-refractivity contribution >= 4 is 27.2 Å². The average molecular weight is 457 g/mol. The minimum Gasteiger partial charge on any atom is -0.337 e. The number of amides is 1. The third kappa shape index (κ3) is 4.51. The molecule has 1 aromatic carbocycles.